The fraction of sp³-hybridized carbons (Fsp3) is 0.261. The van der Waals surface area contributed by atoms with Gasteiger partial charge in [-0.15, -0.1) is 11.3 Å². The SMILES string of the molecule is CCOc1ccc(-c2nc(NC(=O)CCC(=O)c3ccc(C)cc3)sc2C)cc1. The lowest BCUT2D eigenvalue weighted by Gasteiger charge is -2.04. The van der Waals surface area contributed by atoms with Gasteiger partial charge in [-0.25, -0.2) is 4.98 Å². The van der Waals surface area contributed by atoms with Crippen molar-refractivity contribution in [3.05, 3.63) is 64.5 Å². The molecular formula is C23H24N2O3S. The number of anilines is 1. The Morgan fingerprint density at radius 2 is 1.69 bits per heavy atom. The van der Waals surface area contributed by atoms with E-state index in [1.807, 2.05) is 57.2 Å². The van der Waals surface area contributed by atoms with Crippen molar-refractivity contribution >= 4 is 28.2 Å². The van der Waals surface area contributed by atoms with Gasteiger partial charge in [0.25, 0.3) is 0 Å². The molecule has 0 aliphatic carbocycles. The monoisotopic (exact) mass is 408 g/mol. The van der Waals surface area contributed by atoms with Gasteiger partial charge < -0.3 is 10.1 Å². The van der Waals surface area contributed by atoms with Crippen LogP contribution in [0.2, 0.25) is 0 Å². The first-order valence-corrected chi connectivity index (χ1v) is 10.4. The molecule has 0 bridgehead atoms. The van der Waals surface area contributed by atoms with Crippen LogP contribution in [0.5, 0.6) is 5.75 Å². The van der Waals surface area contributed by atoms with Crippen LogP contribution in [0.4, 0.5) is 5.13 Å². The molecule has 0 spiro atoms. The normalized spacial score (nSPS) is 10.6. The molecular weight excluding hydrogens is 384 g/mol. The highest BCUT2D eigenvalue weighted by Crippen LogP contribution is 2.31. The number of rotatable bonds is 8. The number of benzene rings is 2. The number of aryl methyl sites for hydroxylation is 2. The summed E-state index contributed by atoms with van der Waals surface area (Å²) >= 11 is 1.42. The van der Waals surface area contributed by atoms with E-state index in [9.17, 15) is 9.59 Å². The lowest BCUT2D eigenvalue weighted by Crippen LogP contribution is -2.13. The van der Waals surface area contributed by atoms with Crippen LogP contribution in [0.15, 0.2) is 48.5 Å². The predicted molar refractivity (Wildman–Crippen MR) is 117 cm³/mol. The molecule has 0 unspecified atom stereocenters. The number of aromatic nitrogens is 1. The lowest BCUT2D eigenvalue weighted by molar-refractivity contribution is -0.116. The topological polar surface area (TPSA) is 68.3 Å². The second-order valence-corrected chi connectivity index (χ2v) is 7.92. The van der Waals surface area contributed by atoms with Crippen LogP contribution < -0.4 is 10.1 Å². The number of nitrogens with zero attached hydrogens (tertiary/aromatic N) is 1. The van der Waals surface area contributed by atoms with Crippen LogP contribution in [-0.4, -0.2) is 23.3 Å². The molecule has 1 heterocycles. The summed E-state index contributed by atoms with van der Waals surface area (Å²) in [6.07, 6.45) is 0.300. The van der Waals surface area contributed by atoms with Crippen molar-refractivity contribution < 1.29 is 14.3 Å². The molecule has 6 heteroatoms. The van der Waals surface area contributed by atoms with Crippen LogP contribution in [0.1, 0.15) is 40.6 Å². The minimum Gasteiger partial charge on any atom is -0.494 e. The number of carbonyl (C=O) groups excluding carboxylic acids is 2. The molecule has 1 amide bonds. The van der Waals surface area contributed by atoms with E-state index < -0.39 is 0 Å². The van der Waals surface area contributed by atoms with Crippen molar-refractivity contribution in [2.45, 2.75) is 33.6 Å². The van der Waals surface area contributed by atoms with E-state index in [-0.39, 0.29) is 24.5 Å². The molecule has 5 nitrogen and oxygen atoms in total. The maximum Gasteiger partial charge on any atom is 0.226 e. The van der Waals surface area contributed by atoms with Crippen LogP contribution >= 0.6 is 11.3 Å². The van der Waals surface area contributed by atoms with E-state index >= 15 is 0 Å². The maximum atomic E-state index is 12.3. The molecule has 3 aromatic rings. The van der Waals surface area contributed by atoms with Gasteiger partial charge in [0, 0.05) is 28.8 Å². The van der Waals surface area contributed by atoms with Gasteiger partial charge >= 0.3 is 0 Å². The average molecular weight is 409 g/mol. The van der Waals surface area contributed by atoms with Crippen LogP contribution in [-0.2, 0) is 4.79 Å². The maximum absolute atomic E-state index is 12.3. The number of hydrogen-bond donors (Lipinski definition) is 1. The summed E-state index contributed by atoms with van der Waals surface area (Å²) in [5.41, 5.74) is 3.54. The minimum absolute atomic E-state index is 0.0365. The van der Waals surface area contributed by atoms with Gasteiger partial charge in [-0.05, 0) is 45.0 Å². The third-order valence-corrected chi connectivity index (χ3v) is 5.32. The molecule has 1 aromatic heterocycles. The third-order valence-electron chi connectivity index (χ3n) is 4.43. The quantitative estimate of drug-likeness (QED) is 0.505. The molecule has 0 aliphatic heterocycles. The zero-order valence-corrected chi connectivity index (χ0v) is 17.6. The van der Waals surface area contributed by atoms with Crippen molar-refractivity contribution in [3.63, 3.8) is 0 Å². The fourth-order valence-corrected chi connectivity index (χ4v) is 3.74. The van der Waals surface area contributed by atoms with Crippen molar-refractivity contribution in [2.75, 3.05) is 11.9 Å². The van der Waals surface area contributed by atoms with Crippen molar-refractivity contribution in [3.8, 4) is 17.0 Å². The zero-order chi connectivity index (χ0) is 20.8. The van der Waals surface area contributed by atoms with E-state index in [0.717, 1.165) is 27.4 Å². The number of ketones is 1. The molecule has 0 fully saturated rings. The van der Waals surface area contributed by atoms with E-state index in [2.05, 4.69) is 10.3 Å². The van der Waals surface area contributed by atoms with E-state index in [1.165, 1.54) is 11.3 Å². The number of nitrogens with one attached hydrogen (secondary N) is 1. The third kappa shape index (κ3) is 5.51. The Morgan fingerprint density at radius 1 is 1.00 bits per heavy atom. The Balaban J connectivity index is 1.59. The average Bonchev–Trinajstić information content (AvgIpc) is 3.07. The second-order valence-electron chi connectivity index (χ2n) is 6.72. The van der Waals surface area contributed by atoms with Gasteiger partial charge in [0.05, 0.1) is 12.3 Å². The molecule has 0 saturated carbocycles. The van der Waals surface area contributed by atoms with Crippen LogP contribution in [0.25, 0.3) is 11.3 Å². The lowest BCUT2D eigenvalue weighted by atomic mass is 10.1. The van der Waals surface area contributed by atoms with Gasteiger partial charge in [-0.3, -0.25) is 9.59 Å². The molecule has 0 saturated heterocycles. The van der Waals surface area contributed by atoms with Gasteiger partial charge in [0.15, 0.2) is 10.9 Å². The predicted octanol–water partition coefficient (Wildman–Crippen LogP) is 5.43. The number of amides is 1. The van der Waals surface area contributed by atoms with Crippen LogP contribution in [0.3, 0.4) is 0 Å². The Labute approximate surface area is 174 Å². The van der Waals surface area contributed by atoms with E-state index in [4.69, 9.17) is 4.74 Å². The summed E-state index contributed by atoms with van der Waals surface area (Å²) in [5.74, 6) is 0.568. The van der Waals surface area contributed by atoms with Gasteiger partial charge in [0.1, 0.15) is 5.75 Å². The van der Waals surface area contributed by atoms with Crippen molar-refractivity contribution in [2.24, 2.45) is 0 Å². The molecule has 0 radical (unpaired) electrons. The minimum atomic E-state index is -0.211. The Morgan fingerprint density at radius 3 is 2.34 bits per heavy atom. The Bertz CT molecular complexity index is 992. The summed E-state index contributed by atoms with van der Waals surface area (Å²) in [6, 6.07) is 15.1. The molecule has 1 N–H and O–H groups in total. The first-order valence-electron chi connectivity index (χ1n) is 9.56. The van der Waals surface area contributed by atoms with E-state index in [1.54, 1.807) is 12.1 Å². The summed E-state index contributed by atoms with van der Waals surface area (Å²) in [4.78, 5) is 30.1. The zero-order valence-electron chi connectivity index (χ0n) is 16.8. The highest BCUT2D eigenvalue weighted by Gasteiger charge is 2.14. The highest BCUT2D eigenvalue weighted by atomic mass is 32.1. The number of ether oxygens (including phenoxy) is 1. The van der Waals surface area contributed by atoms with Gasteiger partial charge in [0.2, 0.25) is 5.91 Å². The van der Waals surface area contributed by atoms with Gasteiger partial charge in [-0.2, -0.15) is 0 Å². The molecule has 0 aliphatic rings. The number of carbonyl (C=O) groups is 2. The fourth-order valence-electron chi connectivity index (χ4n) is 2.89. The summed E-state index contributed by atoms with van der Waals surface area (Å²) in [7, 11) is 0. The smallest absolute Gasteiger partial charge is 0.226 e. The van der Waals surface area contributed by atoms with Gasteiger partial charge in [-0.1, -0.05) is 29.8 Å². The number of hydrogen-bond acceptors (Lipinski definition) is 5. The largest absolute Gasteiger partial charge is 0.494 e. The Kier molecular flexibility index (Phi) is 6.77. The van der Waals surface area contributed by atoms with Crippen LogP contribution in [0, 0.1) is 13.8 Å². The molecule has 0 atom stereocenters. The summed E-state index contributed by atoms with van der Waals surface area (Å²) in [6.45, 7) is 6.51. The first kappa shape index (κ1) is 20.7. The van der Waals surface area contributed by atoms with Crippen molar-refractivity contribution in [1.82, 2.24) is 4.98 Å². The number of thiazole rings is 1. The Hall–Kier alpha value is -2.99. The highest BCUT2D eigenvalue weighted by molar-refractivity contribution is 7.16. The summed E-state index contributed by atoms with van der Waals surface area (Å²) < 4.78 is 5.47. The molecule has 2 aromatic carbocycles. The summed E-state index contributed by atoms with van der Waals surface area (Å²) in [5, 5.41) is 3.35. The van der Waals surface area contributed by atoms with E-state index in [0.29, 0.717) is 17.3 Å². The second kappa shape index (κ2) is 9.47. The standard InChI is InChI=1S/C23H24N2O3S/c1-4-28-19-11-9-18(10-12-19)22-16(3)29-23(25-22)24-21(27)14-13-20(26)17-7-5-15(2)6-8-17/h5-12H,4,13-14H2,1-3H3,(H,24,25,27). The molecule has 150 valence electrons. The first-order chi connectivity index (χ1) is 14.0. The molecule has 3 rings (SSSR count). The molecule has 29 heavy (non-hydrogen) atoms. The van der Waals surface area contributed by atoms with Crippen molar-refractivity contribution in [1.29, 1.82) is 0 Å². The number of Topliss-reactive ketones (excluding diaryl/α,β-unsaturated/α-hetero) is 1.